The minimum Gasteiger partial charge on any atom is -0.496 e. The van der Waals surface area contributed by atoms with Crippen molar-refractivity contribution < 1.29 is 9.53 Å². The molecule has 0 heterocycles. The van der Waals surface area contributed by atoms with Gasteiger partial charge >= 0.3 is 6.03 Å². The number of hydrogen-bond acceptors (Lipinski definition) is 3. The zero-order chi connectivity index (χ0) is 16.5. The third-order valence-electron chi connectivity index (χ3n) is 3.58. The first-order valence-electron chi connectivity index (χ1n) is 7.76. The Morgan fingerprint density at radius 1 is 1.23 bits per heavy atom. The number of benzene rings is 1. The van der Waals surface area contributed by atoms with E-state index in [1.165, 1.54) is 0 Å². The van der Waals surface area contributed by atoms with E-state index in [4.69, 9.17) is 4.74 Å². The largest absolute Gasteiger partial charge is 0.496 e. The number of nitrogens with one attached hydrogen (secondary N) is 2. The zero-order valence-electron chi connectivity index (χ0n) is 14.3. The Hall–Kier alpha value is -1.75. The molecule has 1 aromatic carbocycles. The molecule has 0 bridgehead atoms. The fraction of sp³-hybridized carbons (Fsp3) is 0.588. The minimum atomic E-state index is -0.123. The molecule has 0 aliphatic heterocycles. The van der Waals surface area contributed by atoms with Crippen molar-refractivity contribution in [3.63, 3.8) is 0 Å². The number of methoxy groups -OCH3 is 1. The van der Waals surface area contributed by atoms with Crippen LogP contribution in [0.2, 0.25) is 0 Å². The fourth-order valence-corrected chi connectivity index (χ4v) is 2.24. The van der Waals surface area contributed by atoms with Gasteiger partial charge in [-0.15, -0.1) is 0 Å². The van der Waals surface area contributed by atoms with Crippen LogP contribution in [0.3, 0.4) is 0 Å². The van der Waals surface area contributed by atoms with Crippen LogP contribution < -0.4 is 15.4 Å². The molecule has 1 unspecified atom stereocenters. The smallest absolute Gasteiger partial charge is 0.314 e. The van der Waals surface area contributed by atoms with Gasteiger partial charge in [0.15, 0.2) is 0 Å². The number of ether oxygens (including phenoxy) is 1. The van der Waals surface area contributed by atoms with Crippen LogP contribution in [0, 0.1) is 5.92 Å². The van der Waals surface area contributed by atoms with E-state index in [1.807, 2.05) is 38.4 Å². The van der Waals surface area contributed by atoms with Crippen molar-refractivity contribution in [3.05, 3.63) is 29.8 Å². The highest BCUT2D eigenvalue weighted by atomic mass is 16.5. The summed E-state index contributed by atoms with van der Waals surface area (Å²) in [4.78, 5) is 13.9. The summed E-state index contributed by atoms with van der Waals surface area (Å²) in [6.45, 7) is 5.51. The number of carbonyl (C=O) groups is 1. The molecule has 0 spiro atoms. The van der Waals surface area contributed by atoms with E-state index < -0.39 is 0 Å². The van der Waals surface area contributed by atoms with Gasteiger partial charge < -0.3 is 20.3 Å². The zero-order valence-corrected chi connectivity index (χ0v) is 14.3. The summed E-state index contributed by atoms with van der Waals surface area (Å²) < 4.78 is 5.42. The topological polar surface area (TPSA) is 53.6 Å². The first-order chi connectivity index (χ1) is 10.5. The van der Waals surface area contributed by atoms with E-state index in [1.54, 1.807) is 7.11 Å². The Morgan fingerprint density at radius 2 is 1.91 bits per heavy atom. The molecule has 22 heavy (non-hydrogen) atoms. The second-order valence-electron chi connectivity index (χ2n) is 6.04. The Balaban J connectivity index is 2.60. The standard InChI is InChI=1S/C17H29N3O2/c1-13(2)10-11-18-17(21)19-12-15(20(3)4)14-8-6-7-9-16(14)22-5/h6-9,13,15H,10-12H2,1-5H3,(H2,18,19,21). The molecule has 2 amide bonds. The lowest BCUT2D eigenvalue weighted by molar-refractivity contribution is 0.231. The second-order valence-corrected chi connectivity index (χ2v) is 6.04. The van der Waals surface area contributed by atoms with Gasteiger partial charge in [-0.1, -0.05) is 32.0 Å². The van der Waals surface area contributed by atoms with Crippen LogP contribution in [-0.4, -0.2) is 45.2 Å². The molecule has 1 rings (SSSR count). The van der Waals surface area contributed by atoms with Crippen molar-refractivity contribution in [2.75, 3.05) is 34.3 Å². The van der Waals surface area contributed by atoms with Gasteiger partial charge in [0.1, 0.15) is 5.75 Å². The lowest BCUT2D eigenvalue weighted by Crippen LogP contribution is -2.41. The predicted octanol–water partition coefficient (Wildman–Crippen LogP) is 2.64. The van der Waals surface area contributed by atoms with Gasteiger partial charge in [0.2, 0.25) is 0 Å². The van der Waals surface area contributed by atoms with Crippen molar-refractivity contribution in [1.29, 1.82) is 0 Å². The highest BCUT2D eigenvalue weighted by Gasteiger charge is 2.18. The van der Waals surface area contributed by atoms with Crippen LogP contribution in [0.1, 0.15) is 31.9 Å². The third kappa shape index (κ3) is 5.93. The summed E-state index contributed by atoms with van der Waals surface area (Å²) in [5, 5.41) is 5.83. The number of amides is 2. The molecule has 1 aromatic rings. The van der Waals surface area contributed by atoms with Crippen molar-refractivity contribution in [1.82, 2.24) is 15.5 Å². The average Bonchev–Trinajstić information content (AvgIpc) is 2.47. The molecule has 0 fully saturated rings. The first-order valence-corrected chi connectivity index (χ1v) is 7.76. The van der Waals surface area contributed by atoms with Crippen LogP contribution in [0.5, 0.6) is 5.75 Å². The number of para-hydroxylation sites is 1. The molecule has 1 atom stereocenters. The molecule has 0 aliphatic carbocycles. The Bertz CT molecular complexity index is 461. The fourth-order valence-electron chi connectivity index (χ4n) is 2.24. The minimum absolute atomic E-state index is 0.0620. The summed E-state index contributed by atoms with van der Waals surface area (Å²) >= 11 is 0. The van der Waals surface area contributed by atoms with Crippen molar-refractivity contribution in [3.8, 4) is 5.75 Å². The number of likely N-dealkylation sites (N-methyl/N-ethyl adjacent to an activating group) is 1. The highest BCUT2D eigenvalue weighted by Crippen LogP contribution is 2.27. The van der Waals surface area contributed by atoms with Gasteiger partial charge in [-0.05, 0) is 32.5 Å². The molecule has 0 saturated heterocycles. The van der Waals surface area contributed by atoms with E-state index >= 15 is 0 Å². The summed E-state index contributed by atoms with van der Waals surface area (Å²) in [5.74, 6) is 1.42. The summed E-state index contributed by atoms with van der Waals surface area (Å²) in [5.41, 5.74) is 1.07. The Morgan fingerprint density at radius 3 is 2.50 bits per heavy atom. The van der Waals surface area contributed by atoms with Gasteiger partial charge in [-0.3, -0.25) is 0 Å². The van der Waals surface area contributed by atoms with E-state index in [-0.39, 0.29) is 12.1 Å². The Labute approximate surface area is 134 Å². The molecule has 5 heteroatoms. The summed E-state index contributed by atoms with van der Waals surface area (Å²) in [6, 6.07) is 7.84. The number of urea groups is 1. The first kappa shape index (κ1) is 18.3. The molecule has 0 aromatic heterocycles. The van der Waals surface area contributed by atoms with E-state index in [9.17, 15) is 4.79 Å². The van der Waals surface area contributed by atoms with Crippen LogP contribution in [0.4, 0.5) is 4.79 Å². The van der Waals surface area contributed by atoms with Gasteiger partial charge in [-0.25, -0.2) is 4.79 Å². The van der Waals surface area contributed by atoms with Gasteiger partial charge in [0.05, 0.1) is 13.2 Å². The molecule has 0 radical (unpaired) electrons. The average molecular weight is 307 g/mol. The maximum Gasteiger partial charge on any atom is 0.314 e. The van der Waals surface area contributed by atoms with Crippen LogP contribution >= 0.6 is 0 Å². The van der Waals surface area contributed by atoms with Crippen molar-refractivity contribution in [2.45, 2.75) is 26.3 Å². The molecular weight excluding hydrogens is 278 g/mol. The van der Waals surface area contributed by atoms with Gasteiger partial charge in [0.25, 0.3) is 0 Å². The van der Waals surface area contributed by atoms with Crippen LogP contribution in [0.15, 0.2) is 24.3 Å². The lowest BCUT2D eigenvalue weighted by atomic mass is 10.0. The number of nitrogens with zero attached hydrogens (tertiary/aromatic N) is 1. The lowest BCUT2D eigenvalue weighted by Gasteiger charge is -2.26. The van der Waals surface area contributed by atoms with Gasteiger partial charge in [0, 0.05) is 18.7 Å². The normalized spacial score (nSPS) is 12.3. The van der Waals surface area contributed by atoms with E-state index in [0.29, 0.717) is 19.0 Å². The van der Waals surface area contributed by atoms with Crippen LogP contribution in [-0.2, 0) is 0 Å². The second kappa shape index (κ2) is 9.30. The molecule has 0 saturated carbocycles. The van der Waals surface area contributed by atoms with Crippen LogP contribution in [0.25, 0.3) is 0 Å². The maximum absolute atomic E-state index is 11.9. The number of hydrogen-bond donors (Lipinski definition) is 2. The molecule has 0 aliphatic rings. The molecule has 2 N–H and O–H groups in total. The van der Waals surface area contributed by atoms with E-state index in [0.717, 1.165) is 17.7 Å². The quantitative estimate of drug-likeness (QED) is 0.776. The van der Waals surface area contributed by atoms with E-state index in [2.05, 4.69) is 29.4 Å². The predicted molar refractivity (Wildman–Crippen MR) is 90.3 cm³/mol. The highest BCUT2D eigenvalue weighted by molar-refractivity contribution is 5.73. The SMILES string of the molecule is COc1ccccc1C(CNC(=O)NCCC(C)C)N(C)C. The number of rotatable bonds is 8. The third-order valence-corrected chi connectivity index (χ3v) is 3.58. The molecule has 124 valence electrons. The van der Waals surface area contributed by atoms with Gasteiger partial charge in [-0.2, -0.15) is 0 Å². The maximum atomic E-state index is 11.9. The van der Waals surface area contributed by atoms with Crippen molar-refractivity contribution >= 4 is 6.03 Å². The molecular formula is C17H29N3O2. The monoisotopic (exact) mass is 307 g/mol. The van der Waals surface area contributed by atoms with Crippen molar-refractivity contribution in [2.24, 2.45) is 5.92 Å². The number of carbonyl (C=O) groups excluding carboxylic acids is 1. The molecule has 5 nitrogen and oxygen atoms in total. The summed E-state index contributed by atoms with van der Waals surface area (Å²) in [6.07, 6.45) is 0.983. The Kier molecular flexibility index (Phi) is 7.74. The summed E-state index contributed by atoms with van der Waals surface area (Å²) in [7, 11) is 5.66.